The molecule has 0 aromatic carbocycles. The summed E-state index contributed by atoms with van der Waals surface area (Å²) < 4.78 is 4.73. The molecular formula is C8H11Cl2NO2S. The molecule has 0 fully saturated rings. The van der Waals surface area contributed by atoms with E-state index in [4.69, 9.17) is 27.9 Å². The van der Waals surface area contributed by atoms with Gasteiger partial charge in [-0.3, -0.25) is 4.99 Å². The Morgan fingerprint density at radius 1 is 1.64 bits per heavy atom. The van der Waals surface area contributed by atoms with Crippen LogP contribution in [0.4, 0.5) is 0 Å². The van der Waals surface area contributed by atoms with Gasteiger partial charge in [-0.15, -0.1) is 23.2 Å². The van der Waals surface area contributed by atoms with Crippen LogP contribution in [0.5, 0.6) is 0 Å². The van der Waals surface area contributed by atoms with E-state index < -0.39 is 10.8 Å². The second kappa shape index (κ2) is 7.15. The van der Waals surface area contributed by atoms with Crippen molar-refractivity contribution in [2.45, 2.75) is 11.8 Å². The standard InChI is InChI=1S/C8H11Cl2NO2S/c1-5(14-6(2)11-3)8(12)13-4-7(9)10/h7H,1,4H2,2-3H3. The maximum absolute atomic E-state index is 11.2. The summed E-state index contributed by atoms with van der Waals surface area (Å²) in [6.07, 6.45) is 0. The minimum Gasteiger partial charge on any atom is -0.459 e. The predicted molar refractivity (Wildman–Crippen MR) is 62.2 cm³/mol. The van der Waals surface area contributed by atoms with Crippen molar-refractivity contribution in [3.63, 3.8) is 0 Å². The SMILES string of the molecule is C=C(SC(C)=NC)C(=O)OCC(Cl)Cl. The average Bonchev–Trinajstić information content (AvgIpc) is 2.13. The van der Waals surface area contributed by atoms with Gasteiger partial charge in [0.05, 0.1) is 9.95 Å². The van der Waals surface area contributed by atoms with Crippen LogP contribution in [-0.4, -0.2) is 29.5 Å². The van der Waals surface area contributed by atoms with E-state index >= 15 is 0 Å². The fourth-order valence-electron chi connectivity index (χ4n) is 0.485. The fraction of sp³-hybridized carbons (Fsp3) is 0.500. The van der Waals surface area contributed by atoms with E-state index in [0.717, 1.165) is 16.8 Å². The van der Waals surface area contributed by atoms with Gasteiger partial charge in [-0.2, -0.15) is 0 Å². The third-order valence-corrected chi connectivity index (χ3v) is 2.30. The minimum absolute atomic E-state index is 0.0379. The van der Waals surface area contributed by atoms with Crippen LogP contribution < -0.4 is 0 Å². The van der Waals surface area contributed by atoms with E-state index in [1.54, 1.807) is 14.0 Å². The van der Waals surface area contributed by atoms with Gasteiger partial charge in [-0.25, -0.2) is 4.79 Å². The molecule has 0 aliphatic rings. The van der Waals surface area contributed by atoms with Crippen LogP contribution in [0.2, 0.25) is 0 Å². The zero-order valence-corrected chi connectivity index (χ0v) is 10.2. The van der Waals surface area contributed by atoms with Crippen molar-refractivity contribution >= 4 is 46.0 Å². The average molecular weight is 256 g/mol. The van der Waals surface area contributed by atoms with Gasteiger partial charge in [0.1, 0.15) is 11.4 Å². The van der Waals surface area contributed by atoms with E-state index in [0.29, 0.717) is 0 Å². The highest BCUT2D eigenvalue weighted by Crippen LogP contribution is 2.17. The molecule has 0 saturated heterocycles. The molecule has 80 valence electrons. The number of ether oxygens (including phenoxy) is 1. The third-order valence-electron chi connectivity index (χ3n) is 1.15. The molecule has 0 spiro atoms. The fourth-order valence-corrected chi connectivity index (χ4v) is 1.20. The van der Waals surface area contributed by atoms with Gasteiger partial charge in [-0.1, -0.05) is 18.3 Å². The first kappa shape index (κ1) is 13.8. The highest BCUT2D eigenvalue weighted by molar-refractivity contribution is 8.17. The van der Waals surface area contributed by atoms with Crippen molar-refractivity contribution in [1.82, 2.24) is 0 Å². The molecule has 0 heterocycles. The van der Waals surface area contributed by atoms with E-state index in [-0.39, 0.29) is 11.5 Å². The maximum Gasteiger partial charge on any atom is 0.344 e. The lowest BCUT2D eigenvalue weighted by atomic mass is 10.6. The Balaban J connectivity index is 3.95. The van der Waals surface area contributed by atoms with Crippen LogP contribution in [0.15, 0.2) is 16.5 Å². The molecular weight excluding hydrogens is 245 g/mol. The zero-order valence-electron chi connectivity index (χ0n) is 7.92. The molecule has 0 aromatic rings. The van der Waals surface area contributed by atoms with Gasteiger partial charge in [0.2, 0.25) is 0 Å². The van der Waals surface area contributed by atoms with Gasteiger partial charge in [0, 0.05) is 7.05 Å². The van der Waals surface area contributed by atoms with Gasteiger partial charge >= 0.3 is 5.97 Å². The molecule has 3 nitrogen and oxygen atoms in total. The van der Waals surface area contributed by atoms with Crippen LogP contribution in [0.25, 0.3) is 0 Å². The van der Waals surface area contributed by atoms with Crippen LogP contribution >= 0.6 is 35.0 Å². The quantitative estimate of drug-likeness (QED) is 0.255. The lowest BCUT2D eigenvalue weighted by Gasteiger charge is -2.06. The van der Waals surface area contributed by atoms with Gasteiger partial charge in [0.25, 0.3) is 0 Å². The lowest BCUT2D eigenvalue weighted by Crippen LogP contribution is -2.11. The topological polar surface area (TPSA) is 38.7 Å². The Morgan fingerprint density at radius 2 is 2.21 bits per heavy atom. The number of nitrogens with zero attached hydrogens (tertiary/aromatic N) is 1. The smallest absolute Gasteiger partial charge is 0.344 e. The Bertz CT molecular complexity index is 254. The van der Waals surface area contributed by atoms with E-state index in [1.165, 1.54) is 0 Å². The Labute approximate surface area is 97.5 Å². The summed E-state index contributed by atoms with van der Waals surface area (Å²) in [5.74, 6) is -0.524. The molecule has 0 radical (unpaired) electrons. The number of halogens is 2. The molecule has 0 aliphatic carbocycles. The minimum atomic E-state index is -0.710. The van der Waals surface area contributed by atoms with E-state index in [9.17, 15) is 4.79 Å². The molecule has 6 heteroatoms. The number of thioether (sulfide) groups is 1. The molecule has 0 aromatic heterocycles. The second-order valence-corrected chi connectivity index (χ2v) is 4.82. The van der Waals surface area contributed by atoms with Crippen molar-refractivity contribution in [1.29, 1.82) is 0 Å². The lowest BCUT2D eigenvalue weighted by molar-refractivity contribution is -0.137. The van der Waals surface area contributed by atoms with E-state index in [1.807, 2.05) is 0 Å². The summed E-state index contributed by atoms with van der Waals surface area (Å²) in [7, 11) is 1.63. The van der Waals surface area contributed by atoms with E-state index in [2.05, 4.69) is 11.6 Å². The number of esters is 1. The van der Waals surface area contributed by atoms with Gasteiger partial charge in [-0.05, 0) is 6.92 Å². The first-order valence-electron chi connectivity index (χ1n) is 3.72. The molecule has 0 amide bonds. The van der Waals surface area contributed by atoms with Crippen LogP contribution in [-0.2, 0) is 9.53 Å². The molecule has 0 bridgehead atoms. The largest absolute Gasteiger partial charge is 0.459 e. The van der Waals surface area contributed by atoms with Crippen molar-refractivity contribution in [3.05, 3.63) is 11.5 Å². The number of carbonyl (C=O) groups is 1. The summed E-state index contributed by atoms with van der Waals surface area (Å²) in [6.45, 7) is 5.28. The van der Waals surface area contributed by atoms with Gasteiger partial charge < -0.3 is 4.74 Å². The van der Waals surface area contributed by atoms with Crippen molar-refractivity contribution in [2.75, 3.05) is 13.7 Å². The van der Waals surface area contributed by atoms with Crippen LogP contribution in [0, 0.1) is 0 Å². The summed E-state index contributed by atoms with van der Waals surface area (Å²) >= 11 is 11.9. The number of hydrogen-bond donors (Lipinski definition) is 0. The predicted octanol–water partition coefficient (Wildman–Crippen LogP) is 2.63. The number of rotatable bonds is 4. The molecule has 0 aliphatic heterocycles. The monoisotopic (exact) mass is 255 g/mol. The van der Waals surface area contributed by atoms with Crippen molar-refractivity contribution < 1.29 is 9.53 Å². The number of aliphatic imine (C=N–C) groups is 1. The normalized spacial score (nSPS) is 11.6. The summed E-state index contributed by atoms with van der Waals surface area (Å²) in [5.41, 5.74) is 0. The third kappa shape index (κ3) is 6.29. The molecule has 0 saturated carbocycles. The number of carbonyl (C=O) groups excluding carboxylic acids is 1. The van der Waals surface area contributed by atoms with Gasteiger partial charge in [0.15, 0.2) is 0 Å². The maximum atomic E-state index is 11.2. The zero-order chi connectivity index (χ0) is 11.1. The molecule has 0 N–H and O–H groups in total. The van der Waals surface area contributed by atoms with Crippen molar-refractivity contribution in [2.24, 2.45) is 4.99 Å². The molecule has 14 heavy (non-hydrogen) atoms. The molecule has 0 rings (SSSR count). The van der Waals surface area contributed by atoms with Crippen molar-refractivity contribution in [3.8, 4) is 0 Å². The highest BCUT2D eigenvalue weighted by atomic mass is 35.5. The Morgan fingerprint density at radius 3 is 2.64 bits per heavy atom. The number of alkyl halides is 2. The van der Waals surface area contributed by atoms with Crippen LogP contribution in [0.1, 0.15) is 6.92 Å². The molecule has 0 atom stereocenters. The first-order chi connectivity index (χ1) is 6.47. The number of hydrogen-bond acceptors (Lipinski definition) is 4. The molecule has 0 unspecified atom stereocenters. The summed E-state index contributed by atoms with van der Waals surface area (Å²) in [6, 6.07) is 0. The summed E-state index contributed by atoms with van der Waals surface area (Å²) in [5, 5.41) is 0.736. The highest BCUT2D eigenvalue weighted by Gasteiger charge is 2.11. The Kier molecular flexibility index (Phi) is 7.05. The Hall–Kier alpha value is -0.190. The second-order valence-electron chi connectivity index (χ2n) is 2.26. The first-order valence-corrected chi connectivity index (χ1v) is 5.41. The van der Waals surface area contributed by atoms with Crippen LogP contribution in [0.3, 0.4) is 0 Å². The summed E-state index contributed by atoms with van der Waals surface area (Å²) in [4.78, 5) is 14.6.